The number of aldehydes is 1. The number of aryl methyl sites for hydroxylation is 7. The predicted molar refractivity (Wildman–Crippen MR) is 301 cm³/mol. The number of rotatable bonds is 13. The largest absolute Gasteiger partial charge is 1.00 e. The number of aromatic nitrogens is 5. The molecule has 20 nitrogen and oxygen atoms in total. The molecule has 0 aliphatic carbocycles. The zero-order chi connectivity index (χ0) is 52.0. The van der Waals surface area contributed by atoms with Gasteiger partial charge in [0.25, 0.3) is 0 Å². The number of esters is 3. The molecule has 0 aliphatic rings. The van der Waals surface area contributed by atoms with Crippen LogP contribution in [-0.2, 0) is 46.2 Å². The van der Waals surface area contributed by atoms with Crippen LogP contribution < -0.4 is 18.9 Å². The van der Waals surface area contributed by atoms with E-state index in [2.05, 4.69) is 54.8 Å². The second kappa shape index (κ2) is 64.8. The van der Waals surface area contributed by atoms with Crippen LogP contribution in [0.3, 0.4) is 0 Å². The van der Waals surface area contributed by atoms with Crippen molar-refractivity contribution >= 4 is 118 Å². The van der Waals surface area contributed by atoms with Gasteiger partial charge in [-0.2, -0.15) is 0 Å². The minimum Gasteiger partial charge on any atom is -0.870 e. The fourth-order valence-electron chi connectivity index (χ4n) is 3.44. The first-order valence-electron chi connectivity index (χ1n) is 20.3. The Morgan fingerprint density at radius 1 is 0.616 bits per heavy atom. The maximum absolute atomic E-state index is 11.0. The Balaban J connectivity index is -0.0000000789. The quantitative estimate of drug-likeness (QED) is 0.0286. The summed E-state index contributed by atoms with van der Waals surface area (Å²) < 4.78 is 15.0. The van der Waals surface area contributed by atoms with Gasteiger partial charge in [0.2, 0.25) is 0 Å². The summed E-state index contributed by atoms with van der Waals surface area (Å²) in [6.45, 7) is 20.5. The van der Waals surface area contributed by atoms with Crippen molar-refractivity contribution in [3.05, 3.63) is 85.4 Å². The van der Waals surface area contributed by atoms with E-state index in [0.717, 1.165) is 47.0 Å². The summed E-state index contributed by atoms with van der Waals surface area (Å²) in [6, 6.07) is 0. The van der Waals surface area contributed by atoms with Crippen LogP contribution in [0.1, 0.15) is 112 Å². The van der Waals surface area contributed by atoms with Crippen LogP contribution >= 0.6 is 81.9 Å². The number of aliphatic carboxylic acids is 1. The standard InChI is InChI=1S/C9H13NO2S.C9H11NO2S.C7H9NO2S.C5H5NOS.C4H4BrNS.C4H9O2P.2C2H6O.CH4O.2CH4.Li.3H2O/c2*1-3-12-9(11)5-4-8-10-6-7(2)13-8;1-5-4-8-6(11-5)2-3-7(9)10;1-4-2-6-5(3-7)8-4;1-3-2-6-4(5)7-3;1-2-6-4(5)3-7;2*1-2-3;1-2;;;;;;/h6H,3-5H2,1-2H3;4-6H,3H2,1-2H3;4H,2-3H2,1H3,(H,9,10);2-3H,1H3;2H,1H3;2-3,7H2,1H3;2*3H,2H2,1H3;2H,1H3;2*1H4;;3*1H2/q;;;;;;;;;;;+1;;;/p-1/b;5-4+;;;;;;;;;;;;;. The molecule has 0 bridgehead atoms. The number of carbonyl (C=O) groups excluding carboxylic acids is 4. The molecule has 9 N–H and O–H groups in total. The fraction of sp³-hybridized carbons (Fsp3) is 0.511. The monoisotopic (exact) mass is 1210 g/mol. The Bertz CT molecular complexity index is 2020. The molecular weight excluding hydrogens is 1130 g/mol. The van der Waals surface area contributed by atoms with Crippen molar-refractivity contribution in [3.63, 3.8) is 0 Å². The van der Waals surface area contributed by atoms with E-state index < -0.39 is 5.97 Å². The number of carboxylic acids is 1. The smallest absolute Gasteiger partial charge is 0.870 e. The van der Waals surface area contributed by atoms with Crippen molar-refractivity contribution in [1.29, 1.82) is 0 Å². The second-order valence-electron chi connectivity index (χ2n) is 11.6. The van der Waals surface area contributed by atoms with Crippen LogP contribution in [-0.4, -0.2) is 138 Å². The summed E-state index contributed by atoms with van der Waals surface area (Å²) in [5, 5.41) is 33.8. The van der Waals surface area contributed by atoms with Gasteiger partial charge in [-0.1, -0.05) is 14.9 Å². The summed E-state index contributed by atoms with van der Waals surface area (Å²) in [4.78, 5) is 77.9. The van der Waals surface area contributed by atoms with E-state index in [1.807, 2.05) is 53.9 Å². The Hall–Kier alpha value is -3.29. The Morgan fingerprint density at radius 3 is 1.23 bits per heavy atom. The van der Waals surface area contributed by atoms with Gasteiger partial charge in [0.1, 0.15) is 5.01 Å². The normalized spacial score (nSPS) is 8.44. The third-order valence-electron chi connectivity index (χ3n) is 5.83. The van der Waals surface area contributed by atoms with Gasteiger partial charge < -0.3 is 51.1 Å². The molecule has 0 saturated carbocycles. The number of nitrogens with zero attached hydrogens (tertiary/aromatic N) is 5. The number of halogens is 1. The van der Waals surface area contributed by atoms with Crippen LogP contribution in [0, 0.1) is 34.6 Å². The molecule has 73 heavy (non-hydrogen) atoms. The molecule has 0 amide bonds. The van der Waals surface area contributed by atoms with E-state index in [9.17, 15) is 24.0 Å². The maximum atomic E-state index is 11.0. The molecule has 0 aromatic carbocycles. The molecule has 0 spiro atoms. The predicted octanol–water partition coefficient (Wildman–Crippen LogP) is 5.40. The van der Waals surface area contributed by atoms with Crippen molar-refractivity contribution in [2.45, 2.75) is 110 Å². The third kappa shape index (κ3) is 62.9. The molecule has 1 unspecified atom stereocenters. The van der Waals surface area contributed by atoms with Gasteiger partial charge >= 0.3 is 42.7 Å². The van der Waals surface area contributed by atoms with Crippen LogP contribution in [0.2, 0.25) is 0 Å². The first-order chi connectivity index (χ1) is 31.9. The SMILES string of the molecule is C.C.CCO.CCO.CCOC(=O)/C=C/c1ncc(C)s1.CCOC(=O)CCc1ncc(C)s1.CCOC(=O)CP.CO.Cc1cnc(Br)s1.Cc1cnc(C=O)s1.Cc1cnc(CCC(=O)O)s1.O.O.[Li+].[OH-]. The van der Waals surface area contributed by atoms with Crippen molar-refractivity contribution in [3.8, 4) is 0 Å². The molecule has 5 heterocycles. The van der Waals surface area contributed by atoms with E-state index in [1.165, 1.54) is 27.2 Å². The second-order valence-corrected chi connectivity index (χ2v) is 19.7. The summed E-state index contributed by atoms with van der Waals surface area (Å²) in [7, 11) is 3.29. The van der Waals surface area contributed by atoms with Crippen molar-refractivity contribution in [2.75, 3.05) is 46.3 Å². The van der Waals surface area contributed by atoms with Gasteiger partial charge in [-0.25, -0.2) is 29.7 Å². The third-order valence-corrected chi connectivity index (χ3v) is 11.2. The molecule has 0 radical (unpaired) electrons. The van der Waals surface area contributed by atoms with E-state index in [4.69, 9.17) is 29.9 Å². The molecule has 0 saturated heterocycles. The Morgan fingerprint density at radius 2 is 0.973 bits per heavy atom. The number of ether oxygens (including phenoxy) is 3. The number of aliphatic hydroxyl groups is 3. The molecule has 1 atom stereocenters. The average molecular weight is 1210 g/mol. The van der Waals surface area contributed by atoms with Crippen LogP contribution in [0.5, 0.6) is 0 Å². The van der Waals surface area contributed by atoms with E-state index in [-0.39, 0.29) is 87.7 Å². The van der Waals surface area contributed by atoms with Gasteiger partial charge in [0, 0.05) is 94.6 Å². The van der Waals surface area contributed by atoms with Gasteiger partial charge in [0.15, 0.2) is 15.2 Å². The number of hydrogen-bond acceptors (Lipinski definition) is 22. The average Bonchev–Trinajstić information content (AvgIpc) is 4.16. The molecular formula is C45H80BrLiN5O15PS5. The molecule has 5 rings (SSSR count). The first-order valence-corrected chi connectivity index (χ1v) is 26.0. The molecule has 0 fully saturated rings. The van der Waals surface area contributed by atoms with Crippen molar-refractivity contribution < 1.29 is 93.9 Å². The minimum atomic E-state index is -0.766. The summed E-state index contributed by atoms with van der Waals surface area (Å²) in [5.74, 6) is -1.39. The first kappa shape index (κ1) is 92.3. The molecule has 418 valence electrons. The van der Waals surface area contributed by atoms with Gasteiger partial charge in [0.05, 0.1) is 48.8 Å². The molecule has 5 aromatic heterocycles. The molecule has 28 heteroatoms. The molecule has 5 aromatic rings. The summed E-state index contributed by atoms with van der Waals surface area (Å²) in [6.07, 6.45) is 15.0. The summed E-state index contributed by atoms with van der Waals surface area (Å²) >= 11 is 11.0. The zero-order valence-corrected chi connectivity index (χ0v) is 49.2. The Kier molecular flexibility index (Phi) is 82.0. The number of thiazole rings is 5. The Labute approximate surface area is 475 Å². The zero-order valence-electron chi connectivity index (χ0n) is 42.4. The van der Waals surface area contributed by atoms with Gasteiger partial charge in [-0.05, 0) is 91.2 Å². The molecule has 0 aliphatic heterocycles. The van der Waals surface area contributed by atoms with E-state index in [1.54, 1.807) is 97.7 Å². The number of hydrogen-bond donors (Lipinski definition) is 4. The maximum Gasteiger partial charge on any atom is 1.00 e. The number of aliphatic hydroxyl groups excluding tert-OH is 3. The van der Waals surface area contributed by atoms with E-state index >= 15 is 0 Å². The number of carbonyl (C=O) groups is 5. The van der Waals surface area contributed by atoms with Crippen molar-refractivity contribution in [2.24, 2.45) is 0 Å². The summed E-state index contributed by atoms with van der Waals surface area (Å²) in [5.41, 5.74) is 0. The van der Waals surface area contributed by atoms with Crippen LogP contribution in [0.25, 0.3) is 6.08 Å². The van der Waals surface area contributed by atoms with Crippen LogP contribution in [0.15, 0.2) is 41.0 Å². The van der Waals surface area contributed by atoms with Gasteiger partial charge in [-0.3, -0.25) is 19.2 Å². The minimum absolute atomic E-state index is 0. The van der Waals surface area contributed by atoms with E-state index in [0.29, 0.717) is 50.3 Å². The topological polar surface area (TPSA) is 351 Å². The van der Waals surface area contributed by atoms with Crippen LogP contribution in [0.4, 0.5) is 0 Å². The van der Waals surface area contributed by atoms with Crippen molar-refractivity contribution in [1.82, 2.24) is 24.9 Å². The van der Waals surface area contributed by atoms with Gasteiger partial charge in [-0.15, -0.1) is 65.9 Å². The fourth-order valence-corrected chi connectivity index (χ4v) is 7.74. The number of carboxylic acid groups (broad SMARTS) is 1.